The van der Waals surface area contributed by atoms with Gasteiger partial charge in [-0.2, -0.15) is 5.10 Å². The van der Waals surface area contributed by atoms with Gasteiger partial charge in [-0.15, -0.1) is 0 Å². The van der Waals surface area contributed by atoms with Crippen LogP contribution in [0.25, 0.3) is 5.69 Å². The predicted octanol–water partition coefficient (Wildman–Crippen LogP) is 3.48. The summed E-state index contributed by atoms with van der Waals surface area (Å²) >= 11 is 3.44. The van der Waals surface area contributed by atoms with E-state index in [-0.39, 0.29) is 17.9 Å². The summed E-state index contributed by atoms with van der Waals surface area (Å²) in [5.74, 6) is 0.170. The van der Waals surface area contributed by atoms with Gasteiger partial charge in [0.2, 0.25) is 0 Å². The number of rotatable bonds is 3. The topological polar surface area (TPSA) is 58.4 Å². The molecule has 1 aliphatic heterocycles. The lowest BCUT2D eigenvalue weighted by Crippen LogP contribution is -2.43. The Morgan fingerprint density at radius 3 is 2.64 bits per heavy atom. The van der Waals surface area contributed by atoms with E-state index in [9.17, 15) is 9.90 Å². The van der Waals surface area contributed by atoms with E-state index in [1.54, 1.807) is 6.92 Å². The molecule has 2 aromatic rings. The van der Waals surface area contributed by atoms with Crippen molar-refractivity contribution in [1.82, 2.24) is 14.7 Å². The highest BCUT2D eigenvalue weighted by Crippen LogP contribution is 2.25. The molecule has 5 nitrogen and oxygen atoms in total. The van der Waals surface area contributed by atoms with E-state index in [1.807, 2.05) is 47.7 Å². The Morgan fingerprint density at radius 1 is 1.32 bits per heavy atom. The minimum absolute atomic E-state index is 0.0173. The van der Waals surface area contributed by atoms with E-state index >= 15 is 0 Å². The first-order valence-electron chi connectivity index (χ1n) is 8.68. The molecular formula is C19H24BrN3O2. The Kier molecular flexibility index (Phi) is 5.29. The van der Waals surface area contributed by atoms with Crippen molar-refractivity contribution in [3.8, 4) is 5.69 Å². The van der Waals surface area contributed by atoms with Crippen LogP contribution in [0.2, 0.25) is 0 Å². The Labute approximate surface area is 156 Å². The van der Waals surface area contributed by atoms with Crippen molar-refractivity contribution in [2.45, 2.75) is 39.7 Å². The minimum Gasteiger partial charge on any atom is -0.393 e. The normalized spacial score (nSPS) is 19.1. The number of benzene rings is 1. The number of aryl methyl sites for hydroxylation is 1. The zero-order valence-electron chi connectivity index (χ0n) is 14.9. The molecule has 0 unspecified atom stereocenters. The maximum Gasteiger partial charge on any atom is 0.257 e. The summed E-state index contributed by atoms with van der Waals surface area (Å²) in [4.78, 5) is 15.0. The van der Waals surface area contributed by atoms with Crippen LogP contribution < -0.4 is 0 Å². The van der Waals surface area contributed by atoms with Gasteiger partial charge in [0.1, 0.15) is 0 Å². The summed E-state index contributed by atoms with van der Waals surface area (Å²) in [6.07, 6.45) is 1.51. The summed E-state index contributed by atoms with van der Waals surface area (Å²) in [5, 5.41) is 14.5. The molecule has 0 aliphatic carbocycles. The third-order valence-corrected chi connectivity index (χ3v) is 5.53. The first kappa shape index (κ1) is 18.1. The van der Waals surface area contributed by atoms with Crippen LogP contribution in [0.1, 0.15) is 41.5 Å². The summed E-state index contributed by atoms with van der Waals surface area (Å²) in [5.41, 5.74) is 3.20. The third-order valence-electron chi connectivity index (χ3n) is 5.00. The molecule has 0 bridgehead atoms. The summed E-state index contributed by atoms with van der Waals surface area (Å²) < 4.78 is 2.83. The van der Waals surface area contributed by atoms with Crippen LogP contribution in [-0.2, 0) is 0 Å². The first-order chi connectivity index (χ1) is 11.9. The number of aliphatic hydroxyl groups is 1. The van der Waals surface area contributed by atoms with Gasteiger partial charge in [0.05, 0.1) is 28.7 Å². The van der Waals surface area contributed by atoms with Crippen molar-refractivity contribution < 1.29 is 9.90 Å². The molecule has 2 heterocycles. The molecule has 1 N–H and O–H groups in total. The number of hydrogen-bond acceptors (Lipinski definition) is 3. The number of hydrogen-bond donors (Lipinski definition) is 1. The minimum atomic E-state index is -0.386. The van der Waals surface area contributed by atoms with Crippen molar-refractivity contribution >= 4 is 21.8 Å². The van der Waals surface area contributed by atoms with Gasteiger partial charge in [0.15, 0.2) is 0 Å². The van der Waals surface area contributed by atoms with Gasteiger partial charge >= 0.3 is 0 Å². The van der Waals surface area contributed by atoms with Crippen LogP contribution in [0.15, 0.2) is 28.7 Å². The van der Waals surface area contributed by atoms with E-state index in [0.29, 0.717) is 12.1 Å². The number of amides is 1. The molecule has 1 aliphatic rings. The second kappa shape index (κ2) is 7.30. The molecule has 6 heteroatoms. The fraction of sp³-hybridized carbons (Fsp3) is 0.474. The average Bonchev–Trinajstić information content (AvgIpc) is 2.89. The Hall–Kier alpha value is -1.66. The highest BCUT2D eigenvalue weighted by molar-refractivity contribution is 9.10. The lowest BCUT2D eigenvalue weighted by molar-refractivity contribution is 0.0465. The van der Waals surface area contributed by atoms with Crippen LogP contribution in [-0.4, -0.2) is 44.9 Å². The standard InChI is InChI=1S/C19H24BrN3O2/c1-12-18(19(25)22-10-4-5-15(11-22)14(3)24)13(2)23(21-12)17-8-6-16(20)7-9-17/h6-9,14-15,24H,4-5,10-11H2,1-3H3/t14-,15+/m0/s1. The quantitative estimate of drug-likeness (QED) is 0.849. The zero-order chi connectivity index (χ0) is 18.1. The lowest BCUT2D eigenvalue weighted by Gasteiger charge is -2.34. The SMILES string of the molecule is Cc1nn(-c2ccc(Br)cc2)c(C)c1C(=O)N1CCC[C@@H]([C@H](C)O)C1. The molecule has 1 aromatic carbocycles. The molecular weight excluding hydrogens is 382 g/mol. The van der Waals surface area contributed by atoms with Crippen LogP contribution in [0.3, 0.4) is 0 Å². The van der Waals surface area contributed by atoms with Gasteiger partial charge in [-0.1, -0.05) is 15.9 Å². The van der Waals surface area contributed by atoms with Crippen molar-refractivity contribution in [1.29, 1.82) is 0 Å². The van der Waals surface area contributed by atoms with Crippen LogP contribution in [0, 0.1) is 19.8 Å². The number of carbonyl (C=O) groups is 1. The number of piperidine rings is 1. The number of halogens is 1. The summed E-state index contributed by atoms with van der Waals surface area (Å²) in [7, 11) is 0. The molecule has 0 radical (unpaired) electrons. The van der Waals surface area contributed by atoms with Crippen molar-refractivity contribution in [3.63, 3.8) is 0 Å². The van der Waals surface area contributed by atoms with Gasteiger partial charge in [0.25, 0.3) is 5.91 Å². The van der Waals surface area contributed by atoms with E-state index in [4.69, 9.17) is 0 Å². The number of aliphatic hydroxyl groups excluding tert-OH is 1. The van der Waals surface area contributed by atoms with E-state index < -0.39 is 0 Å². The molecule has 1 saturated heterocycles. The maximum atomic E-state index is 13.1. The number of likely N-dealkylation sites (tertiary alicyclic amines) is 1. The van der Waals surface area contributed by atoms with Crippen LogP contribution >= 0.6 is 15.9 Å². The van der Waals surface area contributed by atoms with Crippen molar-refractivity contribution in [2.24, 2.45) is 5.92 Å². The fourth-order valence-corrected chi connectivity index (χ4v) is 3.80. The van der Waals surface area contributed by atoms with Gasteiger partial charge < -0.3 is 10.0 Å². The number of aromatic nitrogens is 2. The monoisotopic (exact) mass is 405 g/mol. The van der Waals surface area contributed by atoms with E-state index in [2.05, 4.69) is 21.0 Å². The smallest absolute Gasteiger partial charge is 0.257 e. The van der Waals surface area contributed by atoms with Gasteiger partial charge in [0, 0.05) is 23.5 Å². The first-order valence-corrected chi connectivity index (χ1v) is 9.47. The molecule has 0 spiro atoms. The number of carbonyl (C=O) groups excluding carboxylic acids is 1. The van der Waals surface area contributed by atoms with Crippen LogP contribution in [0.5, 0.6) is 0 Å². The van der Waals surface area contributed by atoms with Crippen molar-refractivity contribution in [2.75, 3.05) is 13.1 Å². The van der Waals surface area contributed by atoms with Gasteiger partial charge in [-0.3, -0.25) is 4.79 Å². The maximum absolute atomic E-state index is 13.1. The average molecular weight is 406 g/mol. The Bertz CT molecular complexity index is 768. The third kappa shape index (κ3) is 3.65. The summed E-state index contributed by atoms with van der Waals surface area (Å²) in [6.45, 7) is 6.97. The molecule has 1 fully saturated rings. The molecule has 2 atom stereocenters. The summed E-state index contributed by atoms with van der Waals surface area (Å²) in [6, 6.07) is 7.88. The molecule has 25 heavy (non-hydrogen) atoms. The predicted molar refractivity (Wildman–Crippen MR) is 101 cm³/mol. The van der Waals surface area contributed by atoms with E-state index in [0.717, 1.165) is 40.9 Å². The second-order valence-electron chi connectivity index (χ2n) is 6.83. The zero-order valence-corrected chi connectivity index (χ0v) is 16.5. The number of nitrogens with zero attached hydrogens (tertiary/aromatic N) is 3. The highest BCUT2D eigenvalue weighted by Gasteiger charge is 2.30. The molecule has 134 valence electrons. The van der Waals surface area contributed by atoms with Crippen molar-refractivity contribution in [3.05, 3.63) is 45.7 Å². The molecule has 0 saturated carbocycles. The van der Waals surface area contributed by atoms with E-state index in [1.165, 1.54) is 0 Å². The molecule has 3 rings (SSSR count). The fourth-order valence-electron chi connectivity index (χ4n) is 3.53. The van der Waals surface area contributed by atoms with Gasteiger partial charge in [-0.05, 0) is 57.9 Å². The second-order valence-corrected chi connectivity index (χ2v) is 7.74. The highest BCUT2D eigenvalue weighted by atomic mass is 79.9. The van der Waals surface area contributed by atoms with Crippen LogP contribution in [0.4, 0.5) is 0 Å². The molecule has 1 aromatic heterocycles. The van der Waals surface area contributed by atoms with Gasteiger partial charge in [-0.25, -0.2) is 4.68 Å². The lowest BCUT2D eigenvalue weighted by atomic mass is 9.93. The molecule has 1 amide bonds. The Morgan fingerprint density at radius 2 is 2.00 bits per heavy atom. The largest absolute Gasteiger partial charge is 0.393 e. The Balaban J connectivity index is 1.90.